The quantitative estimate of drug-likeness (QED) is 0.142. The number of allylic oxidation sites excluding steroid dienone is 2. The van der Waals surface area contributed by atoms with E-state index in [9.17, 15) is 0 Å². The van der Waals surface area contributed by atoms with Crippen LogP contribution in [0.4, 0.5) is 5.69 Å². The van der Waals surface area contributed by atoms with E-state index >= 15 is 0 Å². The maximum absolute atomic E-state index is 8.94. The number of ether oxygens (including phenoxy) is 1. The maximum atomic E-state index is 8.94. The van der Waals surface area contributed by atoms with Crippen molar-refractivity contribution in [1.82, 2.24) is 5.43 Å². The highest BCUT2D eigenvalue weighted by molar-refractivity contribution is 6.32. The van der Waals surface area contributed by atoms with E-state index in [1.54, 1.807) is 30.6 Å². The zero-order chi connectivity index (χ0) is 22.7. The minimum absolute atomic E-state index is 0.318. The molecule has 8 heteroatoms. The lowest BCUT2D eigenvalue weighted by molar-refractivity contribution is -0.109. The third-order valence-corrected chi connectivity index (χ3v) is 4.48. The monoisotopic (exact) mass is 429 g/mol. The van der Waals surface area contributed by atoms with E-state index in [1.807, 2.05) is 32.2 Å². The Balaban J connectivity index is 0.00000103. The van der Waals surface area contributed by atoms with Crippen LogP contribution in [0.5, 0.6) is 5.75 Å². The number of benzene rings is 2. The van der Waals surface area contributed by atoms with Gasteiger partial charge in [-0.3, -0.25) is 10.2 Å². The molecule has 0 saturated heterocycles. The Morgan fingerprint density at radius 1 is 1.20 bits per heavy atom. The number of amides is 1. The van der Waals surface area contributed by atoms with Gasteiger partial charge in [0.15, 0.2) is 0 Å². The molecule has 6 N–H and O–H groups in total. The van der Waals surface area contributed by atoms with Gasteiger partial charge < -0.3 is 20.9 Å². The average molecular weight is 430 g/mol. The van der Waals surface area contributed by atoms with Gasteiger partial charge in [0.05, 0.1) is 10.7 Å². The van der Waals surface area contributed by atoms with E-state index in [0.717, 1.165) is 27.9 Å². The van der Waals surface area contributed by atoms with Gasteiger partial charge in [0.1, 0.15) is 12.4 Å². The molecule has 0 bridgehead atoms. The molecule has 160 valence electrons. The zero-order valence-corrected chi connectivity index (χ0v) is 18.4. The summed E-state index contributed by atoms with van der Waals surface area (Å²) in [4.78, 5) is 8.94. The van der Waals surface area contributed by atoms with Crippen molar-refractivity contribution in [3.63, 3.8) is 0 Å². The number of carbonyl (C=O) groups excluding carboxylic acids is 1. The third-order valence-electron chi connectivity index (χ3n) is 4.19. The summed E-state index contributed by atoms with van der Waals surface area (Å²) in [6.07, 6.45) is 3.60. The number of hydrogen-bond donors (Lipinski definition) is 5. The predicted octanol–water partition coefficient (Wildman–Crippen LogP) is 4.15. The summed E-state index contributed by atoms with van der Waals surface area (Å²) in [7, 11) is 1.89. The van der Waals surface area contributed by atoms with Gasteiger partial charge in [-0.15, -0.1) is 0 Å². The fourth-order valence-electron chi connectivity index (χ4n) is 2.63. The first-order valence-electron chi connectivity index (χ1n) is 9.16. The molecular formula is C22H28ClN5O2. The molecule has 0 unspecified atom stereocenters. The van der Waals surface area contributed by atoms with E-state index in [2.05, 4.69) is 24.1 Å². The summed E-state index contributed by atoms with van der Waals surface area (Å²) in [5, 5.41) is 19.2. The van der Waals surface area contributed by atoms with Crippen LogP contribution in [0.3, 0.4) is 0 Å². The zero-order valence-electron chi connectivity index (χ0n) is 17.6. The van der Waals surface area contributed by atoms with E-state index in [1.165, 1.54) is 0 Å². The maximum Gasteiger partial charge on any atom is 0.221 e. The first-order chi connectivity index (χ1) is 14.2. The molecule has 0 aliphatic carbocycles. The molecule has 7 nitrogen and oxygen atoms in total. The second-order valence-corrected chi connectivity index (χ2v) is 6.86. The molecule has 1 amide bonds. The summed E-state index contributed by atoms with van der Waals surface area (Å²) in [6, 6.07) is 9.67. The minimum Gasteiger partial charge on any atom is -0.487 e. The van der Waals surface area contributed by atoms with Gasteiger partial charge in [-0.2, -0.15) is 0 Å². The summed E-state index contributed by atoms with van der Waals surface area (Å²) < 4.78 is 5.97. The molecule has 0 saturated carbocycles. The Bertz CT molecular complexity index is 941. The molecule has 2 aromatic carbocycles. The van der Waals surface area contributed by atoms with Crippen molar-refractivity contribution in [2.24, 2.45) is 5.84 Å². The molecule has 0 spiro atoms. The van der Waals surface area contributed by atoms with Crippen LogP contribution in [-0.2, 0) is 11.4 Å². The molecular weight excluding hydrogens is 402 g/mol. The van der Waals surface area contributed by atoms with Crippen LogP contribution >= 0.6 is 11.6 Å². The number of halogens is 1. The normalized spacial score (nSPS) is 10.1. The smallest absolute Gasteiger partial charge is 0.221 e. The van der Waals surface area contributed by atoms with Crippen molar-refractivity contribution >= 4 is 35.1 Å². The summed E-state index contributed by atoms with van der Waals surface area (Å²) in [5.41, 5.74) is 7.37. The lowest BCUT2D eigenvalue weighted by Crippen LogP contribution is -2.18. The van der Waals surface area contributed by atoms with Crippen molar-refractivity contribution < 1.29 is 9.53 Å². The molecule has 0 fully saturated rings. The largest absolute Gasteiger partial charge is 0.487 e. The van der Waals surface area contributed by atoms with Gasteiger partial charge >= 0.3 is 0 Å². The number of anilines is 1. The van der Waals surface area contributed by atoms with Crippen LogP contribution in [0.25, 0.3) is 0 Å². The van der Waals surface area contributed by atoms with Crippen LogP contribution in [-0.4, -0.2) is 24.9 Å². The number of nitrogens with one attached hydrogen (secondary N) is 4. The van der Waals surface area contributed by atoms with Crippen LogP contribution in [0, 0.1) is 24.7 Å². The van der Waals surface area contributed by atoms with Crippen molar-refractivity contribution in [3.05, 3.63) is 69.8 Å². The number of nitrogens with two attached hydrogens (primary N) is 1. The van der Waals surface area contributed by atoms with Crippen LogP contribution in [0.2, 0.25) is 5.02 Å². The van der Waals surface area contributed by atoms with Crippen molar-refractivity contribution in [1.29, 1.82) is 10.8 Å². The molecule has 0 heterocycles. The van der Waals surface area contributed by atoms with E-state index in [-0.39, 0.29) is 0 Å². The summed E-state index contributed by atoms with van der Waals surface area (Å²) >= 11 is 6.38. The Morgan fingerprint density at radius 3 is 2.43 bits per heavy atom. The number of rotatable bonds is 8. The Labute approximate surface area is 182 Å². The first-order valence-corrected chi connectivity index (χ1v) is 9.54. The van der Waals surface area contributed by atoms with E-state index in [4.69, 9.17) is 32.0 Å². The molecule has 0 aliphatic rings. The lowest BCUT2D eigenvalue weighted by Gasteiger charge is -2.15. The molecule has 2 aromatic rings. The lowest BCUT2D eigenvalue weighted by atomic mass is 10.0. The number of carbonyl (C=O) groups is 1. The van der Waals surface area contributed by atoms with Gasteiger partial charge in [0.2, 0.25) is 6.41 Å². The number of hydrazine groups is 1. The highest BCUT2D eigenvalue weighted by Crippen LogP contribution is 2.30. The first kappa shape index (κ1) is 24.9. The molecule has 30 heavy (non-hydrogen) atoms. The van der Waals surface area contributed by atoms with Crippen LogP contribution in [0.15, 0.2) is 42.5 Å². The number of aryl methyl sites for hydroxylation is 2. The highest BCUT2D eigenvalue weighted by atomic mass is 35.5. The highest BCUT2D eigenvalue weighted by Gasteiger charge is 2.11. The van der Waals surface area contributed by atoms with Gasteiger partial charge in [-0.25, -0.2) is 5.84 Å². The summed E-state index contributed by atoms with van der Waals surface area (Å²) in [5.74, 6) is 5.01. The molecule has 0 radical (unpaired) electrons. The predicted molar refractivity (Wildman–Crippen MR) is 124 cm³/mol. The third kappa shape index (κ3) is 7.35. The van der Waals surface area contributed by atoms with E-state index in [0.29, 0.717) is 35.2 Å². The standard InChI is InChI=1S/C21H24ClN3O.CH4N2O/c1-13-6-5-7-20(25-4)17(13)12-26-21-10-14(2)16(11-18(21)22)19(24)9-8-15(3)23;2-3-1-4/h5-11,23-25H,12H2,1-4H3;1H,2H2,(H,3,4)/b9-8-,23-15?,24-19?;. The Morgan fingerprint density at radius 2 is 1.87 bits per heavy atom. The van der Waals surface area contributed by atoms with Crippen LogP contribution < -0.4 is 21.3 Å². The Hall–Kier alpha value is -3.16. The SMILES string of the molecule is CNc1cccc(C)c1COc1cc(C)c(C(=N)/C=C\C(C)=N)cc1Cl.NNC=O. The molecule has 0 aromatic heterocycles. The van der Waals surface area contributed by atoms with Crippen molar-refractivity contribution in [2.75, 3.05) is 12.4 Å². The average Bonchev–Trinajstić information content (AvgIpc) is 2.72. The summed E-state index contributed by atoms with van der Waals surface area (Å²) in [6.45, 7) is 6.05. The van der Waals surface area contributed by atoms with Crippen molar-refractivity contribution in [2.45, 2.75) is 27.4 Å². The van der Waals surface area contributed by atoms with Gasteiger partial charge in [-0.05, 0) is 62.2 Å². The van der Waals surface area contributed by atoms with Crippen molar-refractivity contribution in [3.8, 4) is 5.75 Å². The topological polar surface area (TPSA) is 124 Å². The fraction of sp³-hybridized carbons (Fsp3) is 0.227. The van der Waals surface area contributed by atoms with Gasteiger partial charge in [0, 0.05) is 29.6 Å². The number of hydrogen-bond acceptors (Lipinski definition) is 6. The molecule has 0 atom stereocenters. The Kier molecular flexibility index (Phi) is 10.3. The molecule has 2 rings (SSSR count). The minimum atomic E-state index is 0.318. The second kappa shape index (κ2) is 12.4. The second-order valence-electron chi connectivity index (χ2n) is 6.45. The molecule has 0 aliphatic heterocycles. The van der Waals surface area contributed by atoms with E-state index < -0.39 is 0 Å². The van der Waals surface area contributed by atoms with Gasteiger partial charge in [0.25, 0.3) is 0 Å². The fourth-order valence-corrected chi connectivity index (χ4v) is 2.85. The van der Waals surface area contributed by atoms with Gasteiger partial charge in [-0.1, -0.05) is 23.7 Å². The van der Waals surface area contributed by atoms with Crippen LogP contribution in [0.1, 0.15) is 29.2 Å².